The van der Waals surface area contributed by atoms with Crippen molar-refractivity contribution < 1.29 is 51.2 Å². The van der Waals surface area contributed by atoms with E-state index >= 15 is 0 Å². The van der Waals surface area contributed by atoms with Crippen LogP contribution in [-0.4, -0.2) is 0 Å². The van der Waals surface area contributed by atoms with E-state index in [1.807, 2.05) is 0 Å². The summed E-state index contributed by atoms with van der Waals surface area (Å²) in [6.07, 6.45) is 0. The second-order valence-corrected chi connectivity index (χ2v) is 0. The van der Waals surface area contributed by atoms with E-state index in [0.29, 0.717) is 0 Å². The van der Waals surface area contributed by atoms with Crippen LogP contribution in [-0.2, 0) is 51.2 Å². The Kier molecular flexibility index (Phi) is 4040. The summed E-state index contributed by atoms with van der Waals surface area (Å²) in [4.78, 5) is 0. The van der Waals surface area contributed by atoms with Gasteiger partial charge in [0.1, 0.15) is 0 Å². The van der Waals surface area contributed by atoms with Gasteiger partial charge in [-0.15, -0.1) is 0 Å². The first kappa shape index (κ1) is 118. The topological polar surface area (TPSA) is 167 Å². The first-order chi connectivity index (χ1) is 7.00. The SMILES string of the molecule is [C-]#N.[C-]#N.[C-]#N.[C-]#N.[C-]#N.[C-]#N.[C-]#N.[Cu+2].[Cu+2].[Fe+3]. The largest absolute Gasteiger partial charge is 3.00 e. The van der Waals surface area contributed by atoms with Crippen molar-refractivity contribution in [2.24, 2.45) is 0 Å². The van der Waals surface area contributed by atoms with Crippen molar-refractivity contribution in [3.63, 3.8) is 0 Å². The van der Waals surface area contributed by atoms with E-state index in [1.54, 1.807) is 0 Å². The van der Waals surface area contributed by atoms with E-state index in [2.05, 4.69) is 0 Å². The first-order valence-corrected chi connectivity index (χ1v) is 1.57. The van der Waals surface area contributed by atoms with Crippen LogP contribution in [0.15, 0.2) is 0 Å². The Morgan fingerprint density at radius 2 is 0.294 bits per heavy atom. The summed E-state index contributed by atoms with van der Waals surface area (Å²) in [5, 5.41) is 43.8. The van der Waals surface area contributed by atoms with Gasteiger partial charge >= 0.3 is 51.2 Å². The molecular formula is C7Cu2FeN7. The second-order valence-electron chi connectivity index (χ2n) is 0. The molecule has 0 aromatic heterocycles. The summed E-state index contributed by atoms with van der Waals surface area (Å²) in [5.74, 6) is 0. The van der Waals surface area contributed by atoms with Crippen LogP contribution in [0.1, 0.15) is 0 Å². The summed E-state index contributed by atoms with van der Waals surface area (Å²) in [6.45, 7) is 33.2. The average Bonchev–Trinajstić information content (AvgIpc) is 2.45. The Bertz CT molecular complexity index is 120. The third-order valence-corrected chi connectivity index (χ3v) is 0. The minimum atomic E-state index is 0. The van der Waals surface area contributed by atoms with Crippen molar-refractivity contribution in [2.45, 2.75) is 0 Å². The predicted molar refractivity (Wildman–Crippen MR) is 34.8 cm³/mol. The van der Waals surface area contributed by atoms with Gasteiger partial charge in [-0.3, -0.25) is 0 Å². The third-order valence-electron chi connectivity index (χ3n) is 0. The van der Waals surface area contributed by atoms with Crippen molar-refractivity contribution in [1.82, 2.24) is 0 Å². The monoisotopic (exact) mass is 364 g/mol. The molecule has 0 N–H and O–H groups in total. The van der Waals surface area contributed by atoms with Gasteiger partial charge in [0.05, 0.1) is 0 Å². The van der Waals surface area contributed by atoms with E-state index in [0.717, 1.165) is 0 Å². The molecule has 0 aliphatic rings. The second kappa shape index (κ2) is 583. The molecule has 10 heteroatoms. The molecule has 0 saturated carbocycles. The van der Waals surface area contributed by atoms with Crippen LogP contribution in [0.25, 0.3) is 0 Å². The van der Waals surface area contributed by atoms with Gasteiger partial charge in [0.15, 0.2) is 0 Å². The van der Waals surface area contributed by atoms with Crippen LogP contribution >= 0.6 is 0 Å². The van der Waals surface area contributed by atoms with Gasteiger partial charge in [-0.1, -0.05) is 0 Å². The molecule has 7 nitrogen and oxygen atoms in total. The van der Waals surface area contributed by atoms with Crippen LogP contribution in [0.2, 0.25) is 0 Å². The Morgan fingerprint density at radius 3 is 0.294 bits per heavy atom. The standard InChI is InChI=1S/7CN.2Cu.Fe/c7*1-2;;;/q7*-1;2*+2;+3. The normalized spacial score (nSPS) is 0.824. The van der Waals surface area contributed by atoms with Gasteiger partial charge in [0, 0.05) is 0 Å². The zero-order valence-electron chi connectivity index (χ0n) is 7.59. The number of hydrogen-bond donors (Lipinski definition) is 0. The molecular weight excluding hydrogens is 365 g/mol. The van der Waals surface area contributed by atoms with E-state index in [1.165, 1.54) is 0 Å². The van der Waals surface area contributed by atoms with Gasteiger partial charge in [0.25, 0.3) is 0 Å². The maximum absolute atomic E-state index is 6.25. The Labute approximate surface area is 133 Å². The molecule has 0 unspecified atom stereocenters. The summed E-state index contributed by atoms with van der Waals surface area (Å²) in [5.41, 5.74) is 0. The van der Waals surface area contributed by atoms with E-state index in [-0.39, 0.29) is 51.2 Å². The molecule has 0 atom stereocenters. The molecule has 0 bridgehead atoms. The quantitative estimate of drug-likeness (QED) is 0.449. The molecule has 0 aliphatic carbocycles. The fourth-order valence-electron chi connectivity index (χ4n) is 0. The van der Waals surface area contributed by atoms with E-state index < -0.39 is 0 Å². The molecule has 0 rings (SSSR count). The molecule has 0 aromatic carbocycles. The van der Waals surface area contributed by atoms with Crippen LogP contribution in [0.3, 0.4) is 0 Å². The van der Waals surface area contributed by atoms with Crippen LogP contribution in [0, 0.1) is 82.8 Å². The van der Waals surface area contributed by atoms with Crippen molar-refractivity contribution in [2.75, 3.05) is 0 Å². The van der Waals surface area contributed by atoms with Crippen molar-refractivity contribution >= 4 is 0 Å². The molecule has 0 heterocycles. The Hall–Kier alpha value is -2.01. The molecule has 0 fully saturated rings. The summed E-state index contributed by atoms with van der Waals surface area (Å²) in [6, 6.07) is 0. The number of rotatable bonds is 0. The maximum Gasteiger partial charge on any atom is 3.00 e. The summed E-state index contributed by atoms with van der Waals surface area (Å²) < 4.78 is 0. The van der Waals surface area contributed by atoms with E-state index in [9.17, 15) is 0 Å². The minimum absolute atomic E-state index is 0. The molecule has 0 saturated heterocycles. The zero-order chi connectivity index (χ0) is 14.0. The molecule has 93 valence electrons. The summed E-state index contributed by atoms with van der Waals surface area (Å²) in [7, 11) is 0. The maximum atomic E-state index is 6.25. The molecule has 17 heavy (non-hydrogen) atoms. The van der Waals surface area contributed by atoms with Gasteiger partial charge in [-0.05, 0) is 0 Å². The summed E-state index contributed by atoms with van der Waals surface area (Å²) >= 11 is 0. The molecule has 0 amide bonds. The van der Waals surface area contributed by atoms with Gasteiger partial charge in [-0.2, -0.15) is 0 Å². The van der Waals surface area contributed by atoms with Crippen molar-refractivity contribution in [3.05, 3.63) is 46.0 Å². The third kappa shape index (κ3) is 497. The average molecular weight is 365 g/mol. The molecule has 0 aliphatic heterocycles. The zero-order valence-corrected chi connectivity index (χ0v) is 10.6. The number of nitrogens with zero attached hydrogens (tertiary/aromatic N) is 7. The molecule has 3 radical (unpaired) electrons. The fourth-order valence-corrected chi connectivity index (χ4v) is 0. The Balaban J connectivity index is -0.00000000408. The van der Waals surface area contributed by atoms with Crippen LogP contribution < -0.4 is 0 Å². The molecule has 0 spiro atoms. The van der Waals surface area contributed by atoms with Crippen molar-refractivity contribution in [3.8, 4) is 0 Å². The molecule has 0 aromatic rings. The predicted octanol–water partition coefficient (Wildman–Crippen LogP) is 0.667. The number of hydrogen-bond acceptors (Lipinski definition) is 7. The van der Waals surface area contributed by atoms with Gasteiger partial charge in [-0.25, -0.2) is 0 Å². The van der Waals surface area contributed by atoms with Crippen molar-refractivity contribution in [1.29, 1.82) is 36.8 Å². The Morgan fingerprint density at radius 1 is 0.294 bits per heavy atom. The smallest absolute Gasteiger partial charge is 0.512 e. The van der Waals surface area contributed by atoms with Gasteiger partial charge < -0.3 is 82.8 Å². The van der Waals surface area contributed by atoms with Gasteiger partial charge in [0.2, 0.25) is 0 Å². The first-order valence-electron chi connectivity index (χ1n) is 1.57. The minimum Gasteiger partial charge on any atom is -0.512 e. The van der Waals surface area contributed by atoms with E-state index in [4.69, 9.17) is 82.8 Å². The van der Waals surface area contributed by atoms with Crippen LogP contribution in [0.5, 0.6) is 0 Å². The fraction of sp³-hybridized carbons (Fsp3) is 0. The van der Waals surface area contributed by atoms with Crippen LogP contribution in [0.4, 0.5) is 0 Å².